The molecule has 34 heavy (non-hydrogen) atoms. The standard InChI is InChI=1S/C26H29BrN4O3/c27-21-4-5-23-24(14-21)34-22(18-33-23)17-30-11-7-19(8-12-30)15-29-26(32)13-20-3-6-25(28-16-20)31-9-1-2-10-31/h1-6,9-10,14,16,19,22H,7-8,11-13,15,17-18H2,(H,29,32)/t22-/m0/s1. The lowest BCUT2D eigenvalue weighted by Gasteiger charge is -2.35. The lowest BCUT2D eigenvalue weighted by atomic mass is 9.96. The van der Waals surface area contributed by atoms with Gasteiger partial charge in [0.05, 0.1) is 6.42 Å². The number of halogens is 1. The smallest absolute Gasteiger partial charge is 0.224 e. The average Bonchev–Trinajstić information content (AvgIpc) is 3.39. The Kier molecular flexibility index (Phi) is 7.16. The van der Waals surface area contributed by atoms with E-state index < -0.39 is 0 Å². The first-order chi connectivity index (χ1) is 16.6. The second-order valence-electron chi connectivity index (χ2n) is 8.98. The first-order valence-electron chi connectivity index (χ1n) is 11.8. The van der Waals surface area contributed by atoms with Gasteiger partial charge < -0.3 is 19.4 Å². The van der Waals surface area contributed by atoms with Gasteiger partial charge in [-0.2, -0.15) is 0 Å². The summed E-state index contributed by atoms with van der Waals surface area (Å²) in [5.74, 6) is 3.02. The van der Waals surface area contributed by atoms with Gasteiger partial charge in [-0.3, -0.25) is 9.69 Å². The van der Waals surface area contributed by atoms with Crippen molar-refractivity contribution in [1.29, 1.82) is 0 Å². The molecule has 2 aliphatic heterocycles. The number of carbonyl (C=O) groups excluding carboxylic acids is 1. The molecule has 1 atom stereocenters. The Bertz CT molecular complexity index is 1100. The molecule has 1 aromatic carbocycles. The molecule has 0 radical (unpaired) electrons. The third kappa shape index (κ3) is 5.80. The molecule has 0 spiro atoms. The van der Waals surface area contributed by atoms with Gasteiger partial charge in [-0.1, -0.05) is 22.0 Å². The summed E-state index contributed by atoms with van der Waals surface area (Å²) in [4.78, 5) is 19.3. The number of pyridine rings is 1. The molecule has 1 N–H and O–H groups in total. The van der Waals surface area contributed by atoms with E-state index in [9.17, 15) is 4.79 Å². The fraction of sp³-hybridized carbons (Fsp3) is 0.385. The molecule has 2 aromatic heterocycles. The molecular formula is C26H29BrN4O3. The van der Waals surface area contributed by atoms with Crippen LogP contribution in [-0.2, 0) is 11.2 Å². The summed E-state index contributed by atoms with van der Waals surface area (Å²) in [6.45, 7) is 4.18. The number of fused-ring (bicyclic) bond motifs is 1. The van der Waals surface area contributed by atoms with Gasteiger partial charge in [0.15, 0.2) is 11.5 Å². The zero-order chi connectivity index (χ0) is 23.3. The highest BCUT2D eigenvalue weighted by Crippen LogP contribution is 2.34. The molecule has 7 nitrogen and oxygen atoms in total. The van der Waals surface area contributed by atoms with E-state index in [-0.39, 0.29) is 12.0 Å². The Morgan fingerprint density at radius 2 is 1.94 bits per heavy atom. The molecule has 1 amide bonds. The minimum absolute atomic E-state index is 0.0376. The highest BCUT2D eigenvalue weighted by atomic mass is 79.9. The van der Waals surface area contributed by atoms with Crippen LogP contribution in [0.4, 0.5) is 0 Å². The Hall–Kier alpha value is -2.84. The number of hydrogen-bond donors (Lipinski definition) is 1. The van der Waals surface area contributed by atoms with Crippen molar-refractivity contribution in [2.75, 3.05) is 32.8 Å². The molecule has 0 aliphatic carbocycles. The van der Waals surface area contributed by atoms with Crippen molar-refractivity contribution in [3.63, 3.8) is 0 Å². The molecule has 1 fully saturated rings. The van der Waals surface area contributed by atoms with Gasteiger partial charge >= 0.3 is 0 Å². The van der Waals surface area contributed by atoms with Crippen LogP contribution in [0.5, 0.6) is 11.5 Å². The Morgan fingerprint density at radius 3 is 2.71 bits per heavy atom. The minimum atomic E-state index is 0.0376. The van der Waals surface area contributed by atoms with Crippen LogP contribution in [0, 0.1) is 5.92 Å². The SMILES string of the molecule is O=C(Cc1ccc(-n2cccc2)nc1)NCC1CCN(C[C@H]2COc3ccc(Br)cc3O2)CC1. The third-order valence-corrected chi connectivity index (χ3v) is 6.92. The van der Waals surface area contributed by atoms with E-state index in [4.69, 9.17) is 9.47 Å². The lowest BCUT2D eigenvalue weighted by molar-refractivity contribution is -0.120. The highest BCUT2D eigenvalue weighted by molar-refractivity contribution is 9.10. The molecule has 8 heteroatoms. The van der Waals surface area contributed by atoms with E-state index in [0.717, 1.165) is 66.4 Å². The van der Waals surface area contributed by atoms with Crippen molar-refractivity contribution in [2.45, 2.75) is 25.4 Å². The molecule has 5 rings (SSSR count). The summed E-state index contributed by atoms with van der Waals surface area (Å²) in [6.07, 6.45) is 8.22. The first-order valence-corrected chi connectivity index (χ1v) is 12.6. The molecule has 0 unspecified atom stereocenters. The normalized spacial score (nSPS) is 18.6. The van der Waals surface area contributed by atoms with E-state index >= 15 is 0 Å². The number of amides is 1. The summed E-state index contributed by atoms with van der Waals surface area (Å²) >= 11 is 3.49. The van der Waals surface area contributed by atoms with Gasteiger partial charge in [0.2, 0.25) is 5.91 Å². The van der Waals surface area contributed by atoms with Gasteiger partial charge in [0.1, 0.15) is 18.5 Å². The number of piperidine rings is 1. The molecule has 0 bridgehead atoms. The zero-order valence-electron chi connectivity index (χ0n) is 19.0. The summed E-state index contributed by atoms with van der Waals surface area (Å²) < 4.78 is 14.9. The van der Waals surface area contributed by atoms with Crippen LogP contribution in [0.2, 0.25) is 0 Å². The van der Waals surface area contributed by atoms with Crippen LogP contribution in [0.25, 0.3) is 5.82 Å². The minimum Gasteiger partial charge on any atom is -0.486 e. The topological polar surface area (TPSA) is 68.6 Å². The van der Waals surface area contributed by atoms with Crippen molar-refractivity contribution in [1.82, 2.24) is 19.8 Å². The van der Waals surface area contributed by atoms with E-state index in [2.05, 4.69) is 31.1 Å². The maximum absolute atomic E-state index is 12.4. The van der Waals surface area contributed by atoms with Crippen LogP contribution in [0.15, 0.2) is 65.5 Å². The van der Waals surface area contributed by atoms with Crippen molar-refractivity contribution < 1.29 is 14.3 Å². The van der Waals surface area contributed by atoms with Gasteiger partial charge in [-0.25, -0.2) is 4.98 Å². The second kappa shape index (κ2) is 10.6. The summed E-state index contributed by atoms with van der Waals surface area (Å²) in [6, 6.07) is 13.7. The van der Waals surface area contributed by atoms with Crippen LogP contribution >= 0.6 is 15.9 Å². The Morgan fingerprint density at radius 1 is 1.12 bits per heavy atom. The van der Waals surface area contributed by atoms with Crippen LogP contribution < -0.4 is 14.8 Å². The maximum Gasteiger partial charge on any atom is 0.224 e. The quantitative estimate of drug-likeness (QED) is 0.508. The van der Waals surface area contributed by atoms with Crippen LogP contribution in [0.1, 0.15) is 18.4 Å². The third-order valence-electron chi connectivity index (χ3n) is 6.42. The van der Waals surface area contributed by atoms with Crippen LogP contribution in [-0.4, -0.2) is 59.2 Å². The molecule has 0 saturated carbocycles. The zero-order valence-corrected chi connectivity index (χ0v) is 20.6. The largest absolute Gasteiger partial charge is 0.486 e. The van der Waals surface area contributed by atoms with Gasteiger partial charge in [-0.15, -0.1) is 0 Å². The lowest BCUT2D eigenvalue weighted by Crippen LogP contribution is -2.45. The monoisotopic (exact) mass is 524 g/mol. The second-order valence-corrected chi connectivity index (χ2v) is 9.90. The number of likely N-dealkylation sites (tertiary alicyclic amines) is 1. The molecule has 3 aromatic rings. The van der Waals surface area contributed by atoms with E-state index in [1.807, 2.05) is 59.4 Å². The van der Waals surface area contributed by atoms with Crippen LogP contribution in [0.3, 0.4) is 0 Å². The predicted molar refractivity (Wildman–Crippen MR) is 133 cm³/mol. The first kappa shape index (κ1) is 22.9. The fourth-order valence-electron chi connectivity index (χ4n) is 4.51. The van der Waals surface area contributed by atoms with E-state index in [0.29, 0.717) is 18.9 Å². The number of carbonyl (C=O) groups is 1. The van der Waals surface area contributed by atoms with Crippen molar-refractivity contribution in [3.05, 3.63) is 71.1 Å². The number of hydrogen-bond acceptors (Lipinski definition) is 5. The number of benzene rings is 1. The molecule has 4 heterocycles. The summed E-state index contributed by atoms with van der Waals surface area (Å²) in [5, 5.41) is 3.12. The highest BCUT2D eigenvalue weighted by Gasteiger charge is 2.26. The number of ether oxygens (including phenoxy) is 2. The van der Waals surface area contributed by atoms with Crippen molar-refractivity contribution >= 4 is 21.8 Å². The summed E-state index contributed by atoms with van der Waals surface area (Å²) in [5.41, 5.74) is 0.923. The van der Waals surface area contributed by atoms with Gasteiger partial charge in [0, 0.05) is 36.2 Å². The van der Waals surface area contributed by atoms with Gasteiger partial charge in [-0.05, 0) is 73.8 Å². The van der Waals surface area contributed by atoms with E-state index in [1.54, 1.807) is 6.20 Å². The Labute approximate surface area is 208 Å². The summed E-state index contributed by atoms with van der Waals surface area (Å²) in [7, 11) is 0. The molecule has 2 aliphatic rings. The fourth-order valence-corrected chi connectivity index (χ4v) is 4.85. The van der Waals surface area contributed by atoms with Crippen molar-refractivity contribution in [3.8, 4) is 17.3 Å². The van der Waals surface area contributed by atoms with Crippen molar-refractivity contribution in [2.24, 2.45) is 5.92 Å². The number of nitrogens with one attached hydrogen (secondary N) is 1. The number of rotatable bonds is 7. The number of nitrogens with zero attached hydrogens (tertiary/aromatic N) is 3. The van der Waals surface area contributed by atoms with Gasteiger partial charge in [0.25, 0.3) is 0 Å². The molecular weight excluding hydrogens is 496 g/mol. The average molecular weight is 525 g/mol. The predicted octanol–water partition coefficient (Wildman–Crippen LogP) is 3.85. The Balaban J connectivity index is 1.02. The molecule has 1 saturated heterocycles. The van der Waals surface area contributed by atoms with E-state index in [1.165, 1.54) is 0 Å². The molecule has 178 valence electrons. The maximum atomic E-state index is 12.4. The number of aromatic nitrogens is 2.